The molecule has 0 saturated heterocycles. The van der Waals surface area contributed by atoms with Crippen LogP contribution in [-0.4, -0.2) is 26.4 Å². The van der Waals surface area contributed by atoms with E-state index in [1.165, 1.54) is 10.8 Å². The fraction of sp³-hybridized carbons (Fsp3) is 0.444. The summed E-state index contributed by atoms with van der Waals surface area (Å²) in [7, 11) is 0. The first-order valence-corrected chi connectivity index (χ1v) is 5.53. The van der Waals surface area contributed by atoms with Gasteiger partial charge in [-0.15, -0.1) is 0 Å². The molecule has 1 aromatic rings. The standard InChI is InChI=1S/C9H12N2O3S/c1-2-4-11-5-3-10-8(9(11)14)15-6-7(12)13/h3,5H,2,4,6H2,1H3,(H,12,13). The van der Waals surface area contributed by atoms with E-state index in [0.29, 0.717) is 6.54 Å². The lowest BCUT2D eigenvalue weighted by atomic mass is 10.5. The Kier molecular flexibility index (Phi) is 4.36. The first-order valence-electron chi connectivity index (χ1n) is 4.55. The number of hydrogen-bond acceptors (Lipinski definition) is 4. The van der Waals surface area contributed by atoms with Gasteiger partial charge < -0.3 is 9.67 Å². The summed E-state index contributed by atoms with van der Waals surface area (Å²) in [6, 6.07) is 0. The molecule has 0 unspecified atom stereocenters. The lowest BCUT2D eigenvalue weighted by molar-refractivity contribution is -0.133. The zero-order valence-electron chi connectivity index (χ0n) is 8.34. The number of aryl methyl sites for hydroxylation is 1. The molecule has 1 aromatic heterocycles. The summed E-state index contributed by atoms with van der Waals surface area (Å²) in [5.74, 6) is -1.09. The van der Waals surface area contributed by atoms with Crippen LogP contribution in [-0.2, 0) is 11.3 Å². The van der Waals surface area contributed by atoms with E-state index in [2.05, 4.69) is 4.98 Å². The molecule has 1 N–H and O–H groups in total. The van der Waals surface area contributed by atoms with Gasteiger partial charge in [0, 0.05) is 18.9 Å². The van der Waals surface area contributed by atoms with Crippen molar-refractivity contribution in [3.05, 3.63) is 22.7 Å². The van der Waals surface area contributed by atoms with E-state index < -0.39 is 5.97 Å². The minimum Gasteiger partial charge on any atom is -0.481 e. The van der Waals surface area contributed by atoms with Gasteiger partial charge in [-0.2, -0.15) is 0 Å². The van der Waals surface area contributed by atoms with Crippen LogP contribution >= 0.6 is 11.8 Å². The van der Waals surface area contributed by atoms with Crippen molar-refractivity contribution in [2.45, 2.75) is 24.9 Å². The lowest BCUT2D eigenvalue weighted by Gasteiger charge is -2.04. The topological polar surface area (TPSA) is 72.2 Å². The molecular weight excluding hydrogens is 216 g/mol. The van der Waals surface area contributed by atoms with E-state index in [1.54, 1.807) is 6.20 Å². The fourth-order valence-electron chi connectivity index (χ4n) is 1.07. The second-order valence-electron chi connectivity index (χ2n) is 2.91. The van der Waals surface area contributed by atoms with Gasteiger partial charge in [0.05, 0.1) is 5.75 Å². The molecule has 1 rings (SSSR count). The van der Waals surface area contributed by atoms with Gasteiger partial charge in [-0.1, -0.05) is 18.7 Å². The molecule has 1 heterocycles. The van der Waals surface area contributed by atoms with E-state index >= 15 is 0 Å². The van der Waals surface area contributed by atoms with Crippen LogP contribution < -0.4 is 5.56 Å². The molecule has 6 heteroatoms. The van der Waals surface area contributed by atoms with Crippen molar-refractivity contribution < 1.29 is 9.90 Å². The Bertz CT molecular complexity index is 403. The molecule has 0 radical (unpaired) electrons. The maximum Gasteiger partial charge on any atom is 0.313 e. The van der Waals surface area contributed by atoms with Crippen molar-refractivity contribution in [1.82, 2.24) is 9.55 Å². The van der Waals surface area contributed by atoms with Gasteiger partial charge in [0.1, 0.15) is 0 Å². The summed E-state index contributed by atoms with van der Waals surface area (Å²) in [6.45, 7) is 2.60. The first-order chi connectivity index (χ1) is 7.15. The molecule has 82 valence electrons. The monoisotopic (exact) mass is 228 g/mol. The van der Waals surface area contributed by atoms with Gasteiger partial charge in [-0.25, -0.2) is 4.98 Å². The van der Waals surface area contributed by atoms with Gasteiger partial charge in [0.2, 0.25) is 0 Å². The number of rotatable bonds is 5. The van der Waals surface area contributed by atoms with Gasteiger partial charge in [-0.05, 0) is 6.42 Å². The normalized spacial score (nSPS) is 10.2. The molecule has 0 aliphatic carbocycles. The van der Waals surface area contributed by atoms with E-state index in [4.69, 9.17) is 5.11 Å². The third kappa shape index (κ3) is 3.39. The molecule has 0 saturated carbocycles. The Morgan fingerprint density at radius 2 is 2.40 bits per heavy atom. The fourth-order valence-corrected chi connectivity index (χ4v) is 1.71. The van der Waals surface area contributed by atoms with Crippen LogP contribution in [0.3, 0.4) is 0 Å². The molecule has 15 heavy (non-hydrogen) atoms. The highest BCUT2D eigenvalue weighted by Gasteiger charge is 2.07. The van der Waals surface area contributed by atoms with Gasteiger partial charge in [0.25, 0.3) is 5.56 Å². The molecule has 0 aliphatic rings. The van der Waals surface area contributed by atoms with Crippen LogP contribution in [0.25, 0.3) is 0 Å². The van der Waals surface area contributed by atoms with E-state index in [-0.39, 0.29) is 16.3 Å². The summed E-state index contributed by atoms with van der Waals surface area (Å²) in [5, 5.41) is 8.72. The maximum atomic E-state index is 11.7. The van der Waals surface area contributed by atoms with Gasteiger partial charge >= 0.3 is 5.97 Å². The summed E-state index contributed by atoms with van der Waals surface area (Å²) in [6.07, 6.45) is 3.98. The zero-order chi connectivity index (χ0) is 11.3. The Morgan fingerprint density at radius 1 is 1.67 bits per heavy atom. The first kappa shape index (κ1) is 11.8. The highest BCUT2D eigenvalue weighted by atomic mass is 32.2. The molecule has 0 fully saturated rings. The predicted molar refractivity (Wildman–Crippen MR) is 57.1 cm³/mol. The van der Waals surface area contributed by atoms with Crippen molar-refractivity contribution in [2.75, 3.05) is 5.75 Å². The Balaban J connectivity index is 2.84. The average molecular weight is 228 g/mol. The smallest absolute Gasteiger partial charge is 0.313 e. The third-order valence-corrected chi connectivity index (χ3v) is 2.62. The Hall–Kier alpha value is -1.30. The van der Waals surface area contributed by atoms with Gasteiger partial charge in [0.15, 0.2) is 5.03 Å². The molecule has 0 aliphatic heterocycles. The van der Waals surface area contributed by atoms with Crippen LogP contribution in [0.4, 0.5) is 0 Å². The van der Waals surface area contributed by atoms with Crippen LogP contribution in [0.1, 0.15) is 13.3 Å². The quantitative estimate of drug-likeness (QED) is 0.756. The average Bonchev–Trinajstić information content (AvgIpc) is 2.19. The molecule has 0 bridgehead atoms. The van der Waals surface area contributed by atoms with Crippen LogP contribution in [0.5, 0.6) is 0 Å². The number of carboxylic acid groups (broad SMARTS) is 1. The molecule has 0 spiro atoms. The minimum atomic E-state index is -0.952. The van der Waals surface area contributed by atoms with E-state index in [9.17, 15) is 9.59 Å². The van der Waals surface area contributed by atoms with Crippen molar-refractivity contribution in [3.8, 4) is 0 Å². The van der Waals surface area contributed by atoms with Crippen molar-refractivity contribution in [1.29, 1.82) is 0 Å². The Labute approximate surface area is 91.1 Å². The second kappa shape index (κ2) is 5.55. The molecule has 0 aromatic carbocycles. The van der Waals surface area contributed by atoms with Gasteiger partial charge in [-0.3, -0.25) is 9.59 Å². The van der Waals surface area contributed by atoms with E-state index in [1.807, 2.05) is 6.92 Å². The largest absolute Gasteiger partial charge is 0.481 e. The highest BCUT2D eigenvalue weighted by molar-refractivity contribution is 7.99. The van der Waals surface area contributed by atoms with Crippen molar-refractivity contribution >= 4 is 17.7 Å². The minimum absolute atomic E-state index is 0.140. The SMILES string of the molecule is CCCn1ccnc(SCC(=O)O)c1=O. The second-order valence-corrected chi connectivity index (χ2v) is 3.88. The molecule has 0 amide bonds. The van der Waals surface area contributed by atoms with Crippen LogP contribution in [0.15, 0.2) is 22.2 Å². The predicted octanol–water partition coefficient (Wildman–Crippen LogP) is 0.830. The lowest BCUT2D eigenvalue weighted by Crippen LogP contribution is -2.22. The summed E-state index contributed by atoms with van der Waals surface area (Å²) in [4.78, 5) is 25.9. The zero-order valence-corrected chi connectivity index (χ0v) is 9.16. The number of aromatic nitrogens is 2. The number of hydrogen-bond donors (Lipinski definition) is 1. The number of aliphatic carboxylic acids is 1. The Morgan fingerprint density at radius 3 is 3.00 bits per heavy atom. The molecule has 5 nitrogen and oxygen atoms in total. The number of thioether (sulfide) groups is 1. The number of nitrogens with zero attached hydrogens (tertiary/aromatic N) is 2. The number of carboxylic acids is 1. The maximum absolute atomic E-state index is 11.7. The number of carbonyl (C=O) groups is 1. The van der Waals surface area contributed by atoms with E-state index in [0.717, 1.165) is 18.2 Å². The van der Waals surface area contributed by atoms with Crippen molar-refractivity contribution in [3.63, 3.8) is 0 Å². The highest BCUT2D eigenvalue weighted by Crippen LogP contribution is 2.08. The summed E-state index contributed by atoms with van der Waals surface area (Å²) in [5.41, 5.74) is -0.217. The van der Waals surface area contributed by atoms with Crippen molar-refractivity contribution in [2.24, 2.45) is 0 Å². The van der Waals surface area contributed by atoms with Crippen LogP contribution in [0, 0.1) is 0 Å². The third-order valence-electron chi connectivity index (χ3n) is 1.68. The molecule has 0 atom stereocenters. The van der Waals surface area contributed by atoms with Crippen LogP contribution in [0.2, 0.25) is 0 Å². The summed E-state index contributed by atoms with van der Waals surface area (Å²) >= 11 is 0.951. The summed E-state index contributed by atoms with van der Waals surface area (Å²) < 4.78 is 1.54. The molecular formula is C9H12N2O3S.